The van der Waals surface area contributed by atoms with Crippen LogP contribution in [0.3, 0.4) is 0 Å². The second-order valence-corrected chi connectivity index (χ2v) is 6.70. The topological polar surface area (TPSA) is 25.8 Å². The number of hydrogen-bond acceptors (Lipinski definition) is 2. The van der Waals surface area contributed by atoms with Crippen LogP contribution >= 0.6 is 23.2 Å². The van der Waals surface area contributed by atoms with Gasteiger partial charge < -0.3 is 0 Å². The molecule has 0 aromatic carbocycles. The molecule has 4 heteroatoms. The van der Waals surface area contributed by atoms with Crippen LogP contribution in [0.25, 0.3) is 0 Å². The lowest BCUT2D eigenvalue weighted by atomic mass is 9.64. The Labute approximate surface area is 106 Å². The zero-order chi connectivity index (χ0) is 12.1. The summed E-state index contributed by atoms with van der Waals surface area (Å²) in [6.07, 6.45) is 1.99. The van der Waals surface area contributed by atoms with E-state index in [-0.39, 0.29) is 16.1 Å². The standard InChI is InChI=1S/C12H16Cl2N2/c1-11(2)5-7-8(12(3,4)6-11)9(13)16-10(14)15-7/h5-6H2,1-4H3. The van der Waals surface area contributed by atoms with Gasteiger partial charge in [0.2, 0.25) is 5.28 Å². The molecule has 0 saturated heterocycles. The van der Waals surface area contributed by atoms with Gasteiger partial charge >= 0.3 is 0 Å². The molecule has 0 unspecified atom stereocenters. The van der Waals surface area contributed by atoms with Gasteiger partial charge in [0.1, 0.15) is 5.15 Å². The van der Waals surface area contributed by atoms with Crippen LogP contribution in [0, 0.1) is 5.41 Å². The summed E-state index contributed by atoms with van der Waals surface area (Å²) >= 11 is 12.1. The first-order chi connectivity index (χ1) is 7.21. The van der Waals surface area contributed by atoms with Crippen molar-refractivity contribution in [3.05, 3.63) is 21.7 Å². The Kier molecular flexibility index (Phi) is 2.71. The molecule has 0 amide bonds. The largest absolute Gasteiger partial charge is 0.224 e. The van der Waals surface area contributed by atoms with Crippen LogP contribution < -0.4 is 0 Å². The summed E-state index contributed by atoms with van der Waals surface area (Å²) in [7, 11) is 0. The number of fused-ring (bicyclic) bond motifs is 1. The van der Waals surface area contributed by atoms with E-state index in [9.17, 15) is 0 Å². The molecular weight excluding hydrogens is 243 g/mol. The van der Waals surface area contributed by atoms with Crippen molar-refractivity contribution in [2.75, 3.05) is 0 Å². The molecule has 1 aliphatic rings. The Balaban J connectivity index is 2.64. The third-order valence-corrected chi connectivity index (χ3v) is 3.60. The molecule has 1 aromatic rings. The molecule has 2 nitrogen and oxygen atoms in total. The minimum atomic E-state index is 0.0127. The zero-order valence-corrected chi connectivity index (χ0v) is 11.6. The molecule has 2 rings (SSSR count). The number of rotatable bonds is 0. The minimum absolute atomic E-state index is 0.0127. The second-order valence-electron chi connectivity index (χ2n) is 6.01. The summed E-state index contributed by atoms with van der Waals surface area (Å²) in [4.78, 5) is 8.39. The summed E-state index contributed by atoms with van der Waals surface area (Å²) in [5.41, 5.74) is 2.32. The fourth-order valence-corrected chi connectivity index (χ4v) is 3.72. The second kappa shape index (κ2) is 3.58. The fraction of sp³-hybridized carbons (Fsp3) is 0.667. The predicted octanol–water partition coefficient (Wildman–Crippen LogP) is 4.03. The number of hydrogen-bond donors (Lipinski definition) is 0. The van der Waals surface area contributed by atoms with Gasteiger partial charge in [0.15, 0.2) is 0 Å². The van der Waals surface area contributed by atoms with Crippen molar-refractivity contribution >= 4 is 23.2 Å². The maximum atomic E-state index is 6.19. The van der Waals surface area contributed by atoms with Crippen molar-refractivity contribution in [2.24, 2.45) is 5.41 Å². The van der Waals surface area contributed by atoms with Crippen molar-refractivity contribution in [1.82, 2.24) is 9.97 Å². The summed E-state index contributed by atoms with van der Waals surface area (Å²) in [5, 5.41) is 0.757. The smallest absolute Gasteiger partial charge is 0.223 e. The number of aromatic nitrogens is 2. The van der Waals surface area contributed by atoms with E-state index >= 15 is 0 Å². The summed E-state index contributed by atoms with van der Waals surface area (Å²) in [5.74, 6) is 0. The maximum Gasteiger partial charge on any atom is 0.224 e. The van der Waals surface area contributed by atoms with Crippen molar-refractivity contribution in [3.8, 4) is 0 Å². The number of halogens is 2. The third-order valence-electron chi connectivity index (χ3n) is 3.16. The van der Waals surface area contributed by atoms with Gasteiger partial charge in [-0.2, -0.15) is 0 Å². The molecule has 1 aromatic heterocycles. The highest BCUT2D eigenvalue weighted by molar-refractivity contribution is 6.32. The van der Waals surface area contributed by atoms with Crippen molar-refractivity contribution in [2.45, 2.75) is 46.0 Å². The van der Waals surface area contributed by atoms with Gasteiger partial charge in [-0.3, -0.25) is 0 Å². The highest BCUT2D eigenvalue weighted by Gasteiger charge is 2.40. The lowest BCUT2D eigenvalue weighted by Crippen LogP contribution is -2.36. The Morgan fingerprint density at radius 3 is 2.31 bits per heavy atom. The molecule has 1 aliphatic carbocycles. The van der Waals surface area contributed by atoms with Crippen LogP contribution in [-0.2, 0) is 11.8 Å². The van der Waals surface area contributed by atoms with Gasteiger partial charge in [0, 0.05) is 5.56 Å². The Morgan fingerprint density at radius 1 is 1.06 bits per heavy atom. The van der Waals surface area contributed by atoms with Gasteiger partial charge in [-0.1, -0.05) is 39.3 Å². The minimum Gasteiger partial charge on any atom is -0.223 e. The van der Waals surface area contributed by atoms with Crippen LogP contribution in [0.5, 0.6) is 0 Å². The van der Waals surface area contributed by atoms with E-state index in [0.29, 0.717) is 5.15 Å². The summed E-state index contributed by atoms with van der Waals surface area (Å²) < 4.78 is 0. The lowest BCUT2D eigenvalue weighted by molar-refractivity contribution is 0.227. The van der Waals surface area contributed by atoms with E-state index in [4.69, 9.17) is 23.2 Å². The van der Waals surface area contributed by atoms with E-state index in [0.717, 1.165) is 24.1 Å². The first-order valence-electron chi connectivity index (χ1n) is 5.44. The average Bonchev–Trinajstić information content (AvgIpc) is 1.94. The Bertz CT molecular complexity index is 439. The molecule has 0 atom stereocenters. The van der Waals surface area contributed by atoms with E-state index in [1.54, 1.807) is 0 Å². The maximum absolute atomic E-state index is 6.19. The van der Waals surface area contributed by atoms with Crippen molar-refractivity contribution < 1.29 is 0 Å². The molecule has 0 saturated carbocycles. The lowest BCUT2D eigenvalue weighted by Gasteiger charge is -2.41. The Hall–Kier alpha value is -0.340. The van der Waals surface area contributed by atoms with Gasteiger partial charge in [0.25, 0.3) is 0 Å². The van der Waals surface area contributed by atoms with Crippen molar-refractivity contribution in [3.63, 3.8) is 0 Å². The highest BCUT2D eigenvalue weighted by Crippen LogP contribution is 2.47. The highest BCUT2D eigenvalue weighted by atomic mass is 35.5. The molecule has 0 radical (unpaired) electrons. The quantitative estimate of drug-likeness (QED) is 0.519. The van der Waals surface area contributed by atoms with Crippen LogP contribution in [-0.4, -0.2) is 9.97 Å². The predicted molar refractivity (Wildman–Crippen MR) is 67.2 cm³/mol. The first-order valence-corrected chi connectivity index (χ1v) is 6.19. The summed E-state index contributed by atoms with van der Waals surface area (Å²) in [6.45, 7) is 8.88. The molecule has 0 fully saturated rings. The van der Waals surface area contributed by atoms with Crippen molar-refractivity contribution in [1.29, 1.82) is 0 Å². The summed E-state index contributed by atoms with van der Waals surface area (Å²) in [6, 6.07) is 0. The zero-order valence-electron chi connectivity index (χ0n) is 10.1. The van der Waals surface area contributed by atoms with Crippen LogP contribution in [0.1, 0.15) is 45.4 Å². The third kappa shape index (κ3) is 2.05. The molecule has 1 heterocycles. The van der Waals surface area contributed by atoms with Crippen LogP contribution in [0.4, 0.5) is 0 Å². The average molecular weight is 259 g/mol. The van der Waals surface area contributed by atoms with Crippen LogP contribution in [0.15, 0.2) is 0 Å². The van der Waals surface area contributed by atoms with E-state index in [1.165, 1.54) is 0 Å². The first kappa shape index (κ1) is 12.1. The van der Waals surface area contributed by atoms with Gasteiger partial charge in [0.05, 0.1) is 5.69 Å². The van der Waals surface area contributed by atoms with Gasteiger partial charge in [-0.05, 0) is 35.3 Å². The number of nitrogens with zero attached hydrogens (tertiary/aromatic N) is 2. The normalized spacial score (nSPS) is 21.6. The van der Waals surface area contributed by atoms with Gasteiger partial charge in [-0.15, -0.1) is 0 Å². The molecule has 0 bridgehead atoms. The van der Waals surface area contributed by atoms with Gasteiger partial charge in [-0.25, -0.2) is 9.97 Å². The Morgan fingerprint density at radius 2 is 1.69 bits per heavy atom. The fourth-order valence-electron chi connectivity index (χ4n) is 3.05. The molecular formula is C12H16Cl2N2. The SMILES string of the molecule is CC1(C)Cc2nc(Cl)nc(Cl)c2C(C)(C)C1. The van der Waals surface area contributed by atoms with E-state index in [1.807, 2.05) is 0 Å². The van der Waals surface area contributed by atoms with E-state index < -0.39 is 0 Å². The molecule has 0 aliphatic heterocycles. The monoisotopic (exact) mass is 258 g/mol. The van der Waals surface area contributed by atoms with Crippen LogP contribution in [0.2, 0.25) is 10.4 Å². The molecule has 16 heavy (non-hydrogen) atoms. The molecule has 0 spiro atoms. The molecule has 0 N–H and O–H groups in total. The van der Waals surface area contributed by atoms with E-state index in [2.05, 4.69) is 37.7 Å². The molecule has 88 valence electrons.